The molecule has 2 aromatic heterocycles. The maximum atomic E-state index is 13.0. The van der Waals surface area contributed by atoms with Gasteiger partial charge in [0.1, 0.15) is 0 Å². The number of aromatic nitrogens is 3. The number of pyridine rings is 1. The van der Waals surface area contributed by atoms with E-state index in [4.69, 9.17) is 9.72 Å². The molecule has 2 aliphatic heterocycles. The molecule has 0 radical (unpaired) electrons. The van der Waals surface area contributed by atoms with E-state index >= 15 is 0 Å². The topological polar surface area (TPSA) is 72.3 Å². The lowest BCUT2D eigenvalue weighted by molar-refractivity contribution is -0.133. The van der Waals surface area contributed by atoms with Crippen LogP contribution in [-0.4, -0.2) is 57.9 Å². The van der Waals surface area contributed by atoms with Gasteiger partial charge in [-0.3, -0.25) is 4.79 Å². The highest BCUT2D eigenvalue weighted by atomic mass is 35.5. The Bertz CT molecular complexity index is 872. The molecule has 2 aromatic rings. The number of rotatable bonds is 4. The second-order valence-corrected chi connectivity index (χ2v) is 7.81. The largest absolute Gasteiger partial charge is 0.479 e. The van der Waals surface area contributed by atoms with Crippen LogP contribution in [-0.2, 0) is 18.3 Å². The lowest BCUT2D eigenvalue weighted by atomic mass is 9.99. The predicted octanol–water partition coefficient (Wildman–Crippen LogP) is 2.72. The van der Waals surface area contributed by atoms with Gasteiger partial charge in [-0.1, -0.05) is 0 Å². The van der Waals surface area contributed by atoms with Crippen LogP contribution in [0.1, 0.15) is 42.5 Å². The molecule has 4 rings (SSSR count). The SMILES string of the molecule is COc1nn(C)c2nc(C)c(CCC(=O)N3C4CCNCC3CC4)c(C)c12.Cl.Cl. The minimum Gasteiger partial charge on any atom is -0.479 e. The summed E-state index contributed by atoms with van der Waals surface area (Å²) in [5.74, 6) is 0.880. The molecule has 9 heteroatoms. The fourth-order valence-electron chi connectivity index (χ4n) is 4.86. The van der Waals surface area contributed by atoms with Gasteiger partial charge in [0.05, 0.1) is 12.5 Å². The van der Waals surface area contributed by atoms with Crippen molar-refractivity contribution < 1.29 is 9.53 Å². The summed E-state index contributed by atoms with van der Waals surface area (Å²) in [5.41, 5.74) is 4.06. The molecule has 162 valence electrons. The Balaban J connectivity index is 0.00000150. The maximum absolute atomic E-state index is 13.0. The number of hydrogen-bond donors (Lipinski definition) is 1. The van der Waals surface area contributed by atoms with Gasteiger partial charge in [0.2, 0.25) is 11.8 Å². The average molecular weight is 444 g/mol. The zero-order chi connectivity index (χ0) is 19.1. The number of nitrogens with one attached hydrogen (secondary N) is 1. The Labute approximate surface area is 184 Å². The van der Waals surface area contributed by atoms with Crippen molar-refractivity contribution in [3.63, 3.8) is 0 Å². The third kappa shape index (κ3) is 4.18. The molecule has 0 saturated carbocycles. The van der Waals surface area contributed by atoms with Crippen LogP contribution in [0.3, 0.4) is 0 Å². The molecule has 0 spiro atoms. The first-order valence-corrected chi connectivity index (χ1v) is 9.90. The van der Waals surface area contributed by atoms with E-state index in [1.54, 1.807) is 11.8 Å². The summed E-state index contributed by atoms with van der Waals surface area (Å²) in [5, 5.41) is 8.82. The Morgan fingerprint density at radius 1 is 1.21 bits per heavy atom. The first-order valence-electron chi connectivity index (χ1n) is 9.90. The first-order chi connectivity index (χ1) is 13.0. The maximum Gasteiger partial charge on any atom is 0.242 e. The Hall–Kier alpha value is -1.57. The van der Waals surface area contributed by atoms with Crippen LogP contribution >= 0.6 is 24.8 Å². The van der Waals surface area contributed by atoms with Crippen LogP contribution < -0.4 is 10.1 Å². The number of hydrogen-bond acceptors (Lipinski definition) is 5. The summed E-state index contributed by atoms with van der Waals surface area (Å²) in [4.78, 5) is 19.9. The molecular weight excluding hydrogens is 413 g/mol. The highest BCUT2D eigenvalue weighted by Crippen LogP contribution is 2.32. The van der Waals surface area contributed by atoms with Crippen LogP contribution in [0.4, 0.5) is 0 Å². The zero-order valence-electron chi connectivity index (χ0n) is 17.5. The van der Waals surface area contributed by atoms with Gasteiger partial charge in [0.15, 0.2) is 5.65 Å². The quantitative estimate of drug-likeness (QED) is 0.785. The highest BCUT2D eigenvalue weighted by Gasteiger charge is 2.37. The minimum atomic E-state index is 0. The summed E-state index contributed by atoms with van der Waals surface area (Å²) >= 11 is 0. The van der Waals surface area contributed by atoms with E-state index in [1.807, 2.05) is 14.0 Å². The number of carbonyl (C=O) groups excluding carboxylic acids is 1. The van der Waals surface area contributed by atoms with E-state index in [9.17, 15) is 4.79 Å². The van der Waals surface area contributed by atoms with Crippen LogP contribution in [0.25, 0.3) is 11.0 Å². The van der Waals surface area contributed by atoms with E-state index in [0.29, 0.717) is 30.8 Å². The van der Waals surface area contributed by atoms with Crippen molar-refractivity contribution in [3.8, 4) is 5.88 Å². The standard InChI is InChI=1S/C20H29N5O2.2ClH/c1-12-16(13(2)22-19-18(12)20(27-4)23-24(19)3)7-8-17(26)25-14-5-6-15(25)11-21-10-9-14;;/h14-15,21H,5-11H2,1-4H3;2*1H. The van der Waals surface area contributed by atoms with Crippen molar-refractivity contribution in [1.29, 1.82) is 0 Å². The molecule has 7 nitrogen and oxygen atoms in total. The van der Waals surface area contributed by atoms with Gasteiger partial charge in [0, 0.05) is 37.8 Å². The molecular formula is C20H31Cl2N5O2. The summed E-state index contributed by atoms with van der Waals surface area (Å²) < 4.78 is 7.20. The van der Waals surface area contributed by atoms with E-state index < -0.39 is 0 Å². The van der Waals surface area contributed by atoms with Crippen molar-refractivity contribution in [2.45, 2.75) is 58.0 Å². The van der Waals surface area contributed by atoms with Crippen molar-refractivity contribution in [2.75, 3.05) is 20.2 Å². The molecule has 2 saturated heterocycles. The number of carbonyl (C=O) groups is 1. The Kier molecular flexibility index (Phi) is 7.76. The molecule has 2 unspecified atom stereocenters. The average Bonchev–Trinajstić information content (AvgIpc) is 3.09. The number of methoxy groups -OCH3 is 1. The molecule has 0 aliphatic carbocycles. The fourth-order valence-corrected chi connectivity index (χ4v) is 4.86. The number of aryl methyl sites for hydroxylation is 3. The van der Waals surface area contributed by atoms with Crippen molar-refractivity contribution >= 4 is 41.8 Å². The highest BCUT2D eigenvalue weighted by molar-refractivity contribution is 5.86. The molecule has 29 heavy (non-hydrogen) atoms. The summed E-state index contributed by atoms with van der Waals surface area (Å²) in [6.45, 7) is 6.05. The number of ether oxygens (including phenoxy) is 1. The first kappa shape index (κ1) is 23.7. The molecule has 0 aromatic carbocycles. The molecule has 2 fully saturated rings. The Morgan fingerprint density at radius 3 is 2.66 bits per heavy atom. The fraction of sp³-hybridized carbons (Fsp3) is 0.650. The van der Waals surface area contributed by atoms with E-state index in [-0.39, 0.29) is 30.7 Å². The van der Waals surface area contributed by atoms with Crippen molar-refractivity contribution in [1.82, 2.24) is 25.0 Å². The third-order valence-electron chi connectivity index (χ3n) is 6.25. The minimum absolute atomic E-state index is 0. The molecule has 1 amide bonds. The van der Waals surface area contributed by atoms with Crippen LogP contribution in [0.2, 0.25) is 0 Å². The van der Waals surface area contributed by atoms with Gasteiger partial charge in [0.25, 0.3) is 0 Å². The van der Waals surface area contributed by atoms with Crippen LogP contribution in [0, 0.1) is 13.8 Å². The molecule has 1 N–H and O–H groups in total. The number of halogens is 2. The van der Waals surface area contributed by atoms with Crippen LogP contribution in [0.5, 0.6) is 5.88 Å². The van der Waals surface area contributed by atoms with E-state index in [0.717, 1.165) is 60.2 Å². The molecule has 2 atom stereocenters. The number of amides is 1. The normalized spacial score (nSPS) is 20.8. The van der Waals surface area contributed by atoms with Crippen molar-refractivity contribution in [2.24, 2.45) is 7.05 Å². The molecule has 2 bridgehead atoms. The summed E-state index contributed by atoms with van der Waals surface area (Å²) in [6.07, 6.45) is 4.59. The second kappa shape index (κ2) is 9.49. The van der Waals surface area contributed by atoms with Gasteiger partial charge in [-0.05, 0) is 57.2 Å². The Morgan fingerprint density at radius 2 is 1.93 bits per heavy atom. The summed E-state index contributed by atoms with van der Waals surface area (Å²) in [6, 6.07) is 0.782. The van der Waals surface area contributed by atoms with E-state index in [1.165, 1.54) is 0 Å². The number of fused-ring (bicyclic) bond motifs is 3. The van der Waals surface area contributed by atoms with Gasteiger partial charge >= 0.3 is 0 Å². The van der Waals surface area contributed by atoms with Gasteiger partial charge in [-0.2, -0.15) is 0 Å². The number of nitrogens with zero attached hydrogens (tertiary/aromatic N) is 4. The molecule has 4 heterocycles. The monoisotopic (exact) mass is 443 g/mol. The summed E-state index contributed by atoms with van der Waals surface area (Å²) in [7, 11) is 3.51. The van der Waals surface area contributed by atoms with Gasteiger partial charge < -0.3 is 15.0 Å². The van der Waals surface area contributed by atoms with E-state index in [2.05, 4.69) is 22.2 Å². The predicted molar refractivity (Wildman–Crippen MR) is 118 cm³/mol. The van der Waals surface area contributed by atoms with Crippen LogP contribution in [0.15, 0.2) is 0 Å². The second-order valence-electron chi connectivity index (χ2n) is 7.81. The van der Waals surface area contributed by atoms with Crippen molar-refractivity contribution in [3.05, 3.63) is 16.8 Å². The smallest absolute Gasteiger partial charge is 0.242 e. The lowest BCUT2D eigenvalue weighted by Gasteiger charge is -2.28. The van der Waals surface area contributed by atoms with Gasteiger partial charge in [-0.15, -0.1) is 29.9 Å². The lowest BCUT2D eigenvalue weighted by Crippen LogP contribution is -2.42. The van der Waals surface area contributed by atoms with Gasteiger partial charge in [-0.25, -0.2) is 9.67 Å². The zero-order valence-corrected chi connectivity index (χ0v) is 19.2. The molecule has 2 aliphatic rings. The third-order valence-corrected chi connectivity index (χ3v) is 6.25.